The molecule has 0 spiro atoms. The molecule has 19 heavy (non-hydrogen) atoms. The number of hydrogen-bond donors (Lipinski definition) is 2. The molecule has 0 fully saturated rings. The average Bonchev–Trinajstić information content (AvgIpc) is 3.01. The molecular weight excluding hydrogens is 290 g/mol. The van der Waals surface area contributed by atoms with Crippen LogP contribution in [-0.4, -0.2) is 19.8 Å². The molecular formula is C11H6ClN3O3S. The van der Waals surface area contributed by atoms with Gasteiger partial charge in [-0.25, -0.2) is 4.79 Å². The number of carboxylic acids is 1. The van der Waals surface area contributed by atoms with E-state index in [0.717, 1.165) is 11.7 Å². The highest BCUT2D eigenvalue weighted by atomic mass is 35.5. The Kier molecular flexibility index (Phi) is 2.84. The minimum atomic E-state index is -1.13. The Morgan fingerprint density at radius 3 is 2.89 bits per heavy atom. The highest BCUT2D eigenvalue weighted by molar-refractivity contribution is 7.00. The van der Waals surface area contributed by atoms with Crippen molar-refractivity contribution in [2.75, 3.05) is 5.32 Å². The second-order valence-corrected chi connectivity index (χ2v) is 4.58. The molecule has 2 N–H and O–H groups in total. The summed E-state index contributed by atoms with van der Waals surface area (Å²) in [5.74, 6) is -1.00. The minimum absolute atomic E-state index is 0.151. The molecule has 0 saturated carbocycles. The van der Waals surface area contributed by atoms with E-state index in [-0.39, 0.29) is 11.6 Å². The van der Waals surface area contributed by atoms with Crippen LogP contribution in [-0.2, 0) is 0 Å². The van der Waals surface area contributed by atoms with Crippen molar-refractivity contribution >= 4 is 51.9 Å². The predicted octanol–water partition coefficient (Wildman–Crippen LogP) is 3.38. The Morgan fingerprint density at radius 1 is 1.32 bits per heavy atom. The summed E-state index contributed by atoms with van der Waals surface area (Å²) in [6.07, 6.45) is 0. The van der Waals surface area contributed by atoms with Crippen LogP contribution < -0.4 is 5.32 Å². The molecule has 2 aromatic heterocycles. The van der Waals surface area contributed by atoms with Crippen LogP contribution in [0.1, 0.15) is 10.6 Å². The van der Waals surface area contributed by atoms with Crippen molar-refractivity contribution in [1.82, 2.24) is 8.75 Å². The molecule has 1 aromatic carbocycles. The number of halogens is 1. The molecule has 2 heterocycles. The van der Waals surface area contributed by atoms with Crippen molar-refractivity contribution in [2.24, 2.45) is 0 Å². The summed E-state index contributed by atoms with van der Waals surface area (Å²) in [7, 11) is 0. The molecule has 0 amide bonds. The third kappa shape index (κ3) is 2.13. The van der Waals surface area contributed by atoms with Crippen molar-refractivity contribution in [3.8, 4) is 0 Å². The van der Waals surface area contributed by atoms with E-state index in [1.807, 2.05) is 0 Å². The van der Waals surface area contributed by atoms with Crippen molar-refractivity contribution in [3.05, 3.63) is 35.0 Å². The number of carbonyl (C=O) groups is 1. The maximum Gasteiger partial charge on any atom is 0.371 e. The lowest BCUT2D eigenvalue weighted by Gasteiger charge is -2.05. The normalized spacial score (nSPS) is 10.8. The minimum Gasteiger partial charge on any atom is -0.475 e. The van der Waals surface area contributed by atoms with E-state index < -0.39 is 5.97 Å². The van der Waals surface area contributed by atoms with Gasteiger partial charge in [0.1, 0.15) is 11.0 Å². The van der Waals surface area contributed by atoms with Crippen molar-refractivity contribution in [2.45, 2.75) is 0 Å². The quantitative estimate of drug-likeness (QED) is 0.770. The lowest BCUT2D eigenvalue weighted by Crippen LogP contribution is -1.93. The molecule has 0 radical (unpaired) electrons. The number of aromatic carboxylic acids is 1. The number of rotatable bonds is 3. The van der Waals surface area contributed by atoms with Gasteiger partial charge in [-0.15, -0.1) is 0 Å². The average molecular weight is 296 g/mol. The Morgan fingerprint density at radius 2 is 2.16 bits per heavy atom. The number of anilines is 2. The fraction of sp³-hybridized carbons (Fsp3) is 0. The fourth-order valence-corrected chi connectivity index (χ4v) is 2.33. The highest BCUT2D eigenvalue weighted by Crippen LogP contribution is 2.32. The first kappa shape index (κ1) is 11.9. The Labute approximate surface area is 116 Å². The summed E-state index contributed by atoms with van der Waals surface area (Å²) >= 11 is 7.17. The van der Waals surface area contributed by atoms with Crippen LogP contribution in [0.2, 0.25) is 5.02 Å². The molecule has 0 atom stereocenters. The molecule has 3 rings (SSSR count). The van der Waals surface area contributed by atoms with E-state index >= 15 is 0 Å². The number of aromatic nitrogens is 2. The van der Waals surface area contributed by atoms with Crippen LogP contribution in [0.3, 0.4) is 0 Å². The number of benzene rings is 1. The van der Waals surface area contributed by atoms with Crippen LogP contribution in [0.5, 0.6) is 0 Å². The molecule has 96 valence electrons. The van der Waals surface area contributed by atoms with Crippen LogP contribution in [0.25, 0.3) is 11.0 Å². The van der Waals surface area contributed by atoms with Crippen molar-refractivity contribution in [3.63, 3.8) is 0 Å². The van der Waals surface area contributed by atoms with Crippen LogP contribution in [0.4, 0.5) is 11.6 Å². The lowest BCUT2D eigenvalue weighted by atomic mass is 10.2. The van der Waals surface area contributed by atoms with Crippen LogP contribution >= 0.6 is 23.3 Å². The van der Waals surface area contributed by atoms with Gasteiger partial charge in [0.15, 0.2) is 5.88 Å². The molecule has 8 heteroatoms. The van der Waals surface area contributed by atoms with Crippen molar-refractivity contribution < 1.29 is 14.3 Å². The number of furan rings is 1. The lowest BCUT2D eigenvalue weighted by molar-refractivity contribution is 0.0663. The standard InChI is InChI=1S/C11H6ClN3O3S/c12-5-1-2-6-10(15-19-14-6)9(5)13-8-4-3-7(18-8)11(16)17/h1-4,13H,(H,16,17). The van der Waals surface area contributed by atoms with E-state index in [1.165, 1.54) is 12.1 Å². The maximum atomic E-state index is 10.7. The molecule has 0 aliphatic rings. The zero-order valence-electron chi connectivity index (χ0n) is 9.25. The van der Waals surface area contributed by atoms with E-state index in [9.17, 15) is 4.79 Å². The van der Waals surface area contributed by atoms with Gasteiger partial charge in [-0.05, 0) is 18.2 Å². The SMILES string of the molecule is O=C(O)c1ccc(Nc2c(Cl)ccc3nsnc23)o1. The van der Waals surface area contributed by atoms with Crippen LogP contribution in [0, 0.1) is 0 Å². The van der Waals surface area contributed by atoms with Gasteiger partial charge >= 0.3 is 5.97 Å². The first-order chi connectivity index (χ1) is 9.15. The smallest absolute Gasteiger partial charge is 0.371 e. The summed E-state index contributed by atoms with van der Waals surface area (Å²) in [4.78, 5) is 10.7. The van der Waals surface area contributed by atoms with Gasteiger partial charge < -0.3 is 14.8 Å². The third-order valence-electron chi connectivity index (χ3n) is 2.44. The molecule has 0 aliphatic heterocycles. The summed E-state index contributed by atoms with van der Waals surface area (Å²) < 4.78 is 13.4. The van der Waals surface area contributed by atoms with Gasteiger partial charge in [0.05, 0.1) is 22.4 Å². The molecule has 3 aromatic rings. The number of carboxylic acid groups (broad SMARTS) is 1. The molecule has 0 unspecified atom stereocenters. The third-order valence-corrected chi connectivity index (χ3v) is 3.30. The van der Waals surface area contributed by atoms with Crippen molar-refractivity contribution in [1.29, 1.82) is 0 Å². The van der Waals surface area contributed by atoms with Gasteiger partial charge in [-0.2, -0.15) is 8.75 Å². The second kappa shape index (κ2) is 4.52. The van der Waals surface area contributed by atoms with Gasteiger partial charge in [-0.1, -0.05) is 11.6 Å². The number of fused-ring (bicyclic) bond motifs is 1. The second-order valence-electron chi connectivity index (χ2n) is 3.65. The summed E-state index contributed by atoms with van der Waals surface area (Å²) in [6.45, 7) is 0. The Hall–Kier alpha value is -2.12. The monoisotopic (exact) mass is 295 g/mol. The number of nitrogens with zero attached hydrogens (tertiary/aromatic N) is 2. The summed E-state index contributed by atoms with van der Waals surface area (Å²) in [5.41, 5.74) is 1.87. The maximum absolute atomic E-state index is 10.7. The summed E-state index contributed by atoms with van der Waals surface area (Å²) in [6, 6.07) is 6.32. The van der Waals surface area contributed by atoms with Gasteiger partial charge in [0.2, 0.25) is 5.76 Å². The predicted molar refractivity (Wildman–Crippen MR) is 71.4 cm³/mol. The molecule has 6 nitrogen and oxygen atoms in total. The topological polar surface area (TPSA) is 88.2 Å². The van der Waals surface area contributed by atoms with E-state index in [1.54, 1.807) is 12.1 Å². The molecule has 0 saturated heterocycles. The zero-order valence-corrected chi connectivity index (χ0v) is 10.8. The number of hydrogen-bond acceptors (Lipinski definition) is 6. The van der Waals surface area contributed by atoms with Gasteiger partial charge in [-0.3, -0.25) is 0 Å². The number of nitrogens with one attached hydrogen (secondary N) is 1. The molecule has 0 bridgehead atoms. The van der Waals surface area contributed by atoms with Gasteiger partial charge in [0, 0.05) is 6.07 Å². The Balaban J connectivity index is 2.02. The first-order valence-corrected chi connectivity index (χ1v) is 6.27. The highest BCUT2D eigenvalue weighted by Gasteiger charge is 2.13. The zero-order chi connectivity index (χ0) is 13.4. The first-order valence-electron chi connectivity index (χ1n) is 5.16. The Bertz CT molecular complexity index is 767. The fourth-order valence-electron chi connectivity index (χ4n) is 1.59. The van der Waals surface area contributed by atoms with E-state index in [0.29, 0.717) is 21.7 Å². The van der Waals surface area contributed by atoms with E-state index in [2.05, 4.69) is 14.1 Å². The molecule has 0 aliphatic carbocycles. The van der Waals surface area contributed by atoms with Crippen LogP contribution in [0.15, 0.2) is 28.7 Å². The largest absolute Gasteiger partial charge is 0.475 e. The van der Waals surface area contributed by atoms with E-state index in [4.69, 9.17) is 21.1 Å². The summed E-state index contributed by atoms with van der Waals surface area (Å²) in [5, 5.41) is 12.2. The van der Waals surface area contributed by atoms with Gasteiger partial charge in [0.25, 0.3) is 0 Å².